The molecule has 0 aromatic carbocycles. The van der Waals surface area contributed by atoms with Crippen molar-refractivity contribution in [3.8, 4) is 6.07 Å². The average molecular weight is 250 g/mol. The van der Waals surface area contributed by atoms with E-state index in [0.717, 1.165) is 12.1 Å². The van der Waals surface area contributed by atoms with Crippen LogP contribution in [0.1, 0.15) is 56.4 Å². The van der Waals surface area contributed by atoms with Gasteiger partial charge in [-0.05, 0) is 19.4 Å². The van der Waals surface area contributed by atoms with Crippen molar-refractivity contribution in [3.05, 3.63) is 21.9 Å². The van der Waals surface area contributed by atoms with Gasteiger partial charge in [-0.1, -0.05) is 32.6 Å². The summed E-state index contributed by atoms with van der Waals surface area (Å²) < 4.78 is 0. The maximum absolute atomic E-state index is 8.73. The summed E-state index contributed by atoms with van der Waals surface area (Å²) in [4.78, 5) is 1.25. The molecule has 3 heteroatoms. The van der Waals surface area contributed by atoms with Crippen LogP contribution in [-0.2, 0) is 6.54 Å². The Labute approximate surface area is 109 Å². The quantitative estimate of drug-likeness (QED) is 0.706. The van der Waals surface area contributed by atoms with Gasteiger partial charge in [0.25, 0.3) is 0 Å². The molecule has 0 radical (unpaired) electrons. The zero-order valence-electron chi connectivity index (χ0n) is 10.8. The molecule has 1 atom stereocenters. The van der Waals surface area contributed by atoms with Gasteiger partial charge in [0.05, 0.1) is 5.56 Å². The highest BCUT2D eigenvalue weighted by Gasteiger charge is 2.03. The van der Waals surface area contributed by atoms with Crippen molar-refractivity contribution >= 4 is 11.3 Å². The van der Waals surface area contributed by atoms with Gasteiger partial charge in [-0.25, -0.2) is 0 Å². The normalized spacial score (nSPS) is 12.3. The number of unbranched alkanes of at least 4 members (excludes halogenated alkanes) is 3. The third kappa shape index (κ3) is 5.86. The Bertz CT molecular complexity index is 351. The van der Waals surface area contributed by atoms with E-state index in [2.05, 4.69) is 25.2 Å². The molecular formula is C14H22N2S. The van der Waals surface area contributed by atoms with Crippen LogP contribution in [0.25, 0.3) is 0 Å². The maximum Gasteiger partial charge on any atom is 0.100 e. The lowest BCUT2D eigenvalue weighted by molar-refractivity contribution is 0.484. The van der Waals surface area contributed by atoms with Crippen LogP contribution in [0, 0.1) is 11.3 Å². The molecule has 1 aromatic rings. The van der Waals surface area contributed by atoms with Crippen molar-refractivity contribution in [2.24, 2.45) is 0 Å². The fourth-order valence-corrected chi connectivity index (χ4v) is 2.55. The molecule has 0 aliphatic rings. The molecule has 0 amide bonds. The number of rotatable bonds is 8. The Balaban J connectivity index is 2.15. The van der Waals surface area contributed by atoms with Crippen LogP contribution >= 0.6 is 11.3 Å². The highest BCUT2D eigenvalue weighted by atomic mass is 32.1. The largest absolute Gasteiger partial charge is 0.309 e. The Kier molecular flexibility index (Phi) is 6.91. The first-order valence-corrected chi connectivity index (χ1v) is 7.35. The van der Waals surface area contributed by atoms with Crippen molar-refractivity contribution in [1.29, 1.82) is 5.26 Å². The zero-order chi connectivity index (χ0) is 12.5. The minimum absolute atomic E-state index is 0.569. The lowest BCUT2D eigenvalue weighted by Gasteiger charge is -2.12. The van der Waals surface area contributed by atoms with E-state index in [1.54, 1.807) is 11.3 Å². The first-order chi connectivity index (χ1) is 8.26. The fourth-order valence-electron chi connectivity index (χ4n) is 1.79. The summed E-state index contributed by atoms with van der Waals surface area (Å²) in [7, 11) is 0. The second kappa shape index (κ2) is 8.27. The summed E-state index contributed by atoms with van der Waals surface area (Å²) in [5.41, 5.74) is 0.780. The second-order valence-corrected chi connectivity index (χ2v) is 5.54. The zero-order valence-corrected chi connectivity index (χ0v) is 11.6. The number of hydrogen-bond donors (Lipinski definition) is 1. The average Bonchev–Trinajstić information content (AvgIpc) is 2.80. The summed E-state index contributed by atoms with van der Waals surface area (Å²) in [6, 6.07) is 4.71. The van der Waals surface area contributed by atoms with Gasteiger partial charge >= 0.3 is 0 Å². The first kappa shape index (κ1) is 14.2. The number of nitrogens with zero attached hydrogens (tertiary/aromatic N) is 1. The summed E-state index contributed by atoms with van der Waals surface area (Å²) >= 11 is 1.66. The number of nitrogens with one attached hydrogen (secondary N) is 1. The van der Waals surface area contributed by atoms with Crippen molar-refractivity contribution in [1.82, 2.24) is 5.32 Å². The predicted octanol–water partition coefficient (Wildman–Crippen LogP) is 4.07. The third-order valence-electron chi connectivity index (χ3n) is 2.90. The molecule has 17 heavy (non-hydrogen) atoms. The van der Waals surface area contributed by atoms with Gasteiger partial charge in [-0.2, -0.15) is 5.26 Å². The van der Waals surface area contributed by atoms with Gasteiger partial charge in [-0.3, -0.25) is 0 Å². The predicted molar refractivity (Wildman–Crippen MR) is 74.1 cm³/mol. The van der Waals surface area contributed by atoms with Crippen LogP contribution in [0.4, 0.5) is 0 Å². The molecule has 0 spiro atoms. The summed E-state index contributed by atoms with van der Waals surface area (Å²) in [5.74, 6) is 0. The molecule has 0 aliphatic heterocycles. The van der Waals surface area contributed by atoms with Crippen LogP contribution in [0.3, 0.4) is 0 Å². The first-order valence-electron chi connectivity index (χ1n) is 6.47. The number of nitriles is 1. The molecule has 1 aromatic heterocycles. The Morgan fingerprint density at radius 3 is 2.88 bits per heavy atom. The van der Waals surface area contributed by atoms with Crippen LogP contribution < -0.4 is 5.32 Å². The van der Waals surface area contributed by atoms with Crippen molar-refractivity contribution in [2.45, 2.75) is 58.5 Å². The van der Waals surface area contributed by atoms with Crippen LogP contribution in [0.15, 0.2) is 11.4 Å². The van der Waals surface area contributed by atoms with Gasteiger partial charge in [0.15, 0.2) is 0 Å². The minimum Gasteiger partial charge on any atom is -0.309 e. The molecule has 1 heterocycles. The molecule has 2 nitrogen and oxygen atoms in total. The lowest BCUT2D eigenvalue weighted by atomic mass is 10.1. The highest BCUT2D eigenvalue weighted by molar-refractivity contribution is 7.10. The van der Waals surface area contributed by atoms with Gasteiger partial charge in [0.1, 0.15) is 6.07 Å². The van der Waals surface area contributed by atoms with Crippen LogP contribution in [-0.4, -0.2) is 6.04 Å². The molecule has 1 rings (SSSR count). The molecule has 0 saturated heterocycles. The summed E-state index contributed by atoms with van der Waals surface area (Å²) in [6.07, 6.45) is 6.56. The molecule has 0 fully saturated rings. The van der Waals surface area contributed by atoms with E-state index >= 15 is 0 Å². The highest BCUT2D eigenvalue weighted by Crippen LogP contribution is 2.14. The fraction of sp³-hybridized carbons (Fsp3) is 0.643. The smallest absolute Gasteiger partial charge is 0.100 e. The van der Waals surface area contributed by atoms with Crippen LogP contribution in [0.5, 0.6) is 0 Å². The Morgan fingerprint density at radius 1 is 1.41 bits per heavy atom. The summed E-state index contributed by atoms with van der Waals surface area (Å²) in [6.45, 7) is 5.37. The van der Waals surface area contributed by atoms with E-state index in [0.29, 0.717) is 6.04 Å². The lowest BCUT2D eigenvalue weighted by Crippen LogP contribution is -2.24. The standard InChI is InChI=1S/C14H22N2S/c1-3-4-5-6-7-12(2)16-10-14-8-13(9-15)11-17-14/h8,11-12,16H,3-7,10H2,1-2H3. The topological polar surface area (TPSA) is 35.8 Å². The number of thiophene rings is 1. The molecule has 0 bridgehead atoms. The molecule has 94 valence electrons. The van der Waals surface area contributed by atoms with E-state index < -0.39 is 0 Å². The molecule has 0 saturated carbocycles. The maximum atomic E-state index is 8.73. The third-order valence-corrected chi connectivity index (χ3v) is 3.84. The molecular weight excluding hydrogens is 228 g/mol. The van der Waals surface area contributed by atoms with E-state index in [1.165, 1.54) is 37.0 Å². The monoisotopic (exact) mass is 250 g/mol. The van der Waals surface area contributed by atoms with E-state index in [-0.39, 0.29) is 0 Å². The van der Waals surface area contributed by atoms with Crippen LogP contribution in [0.2, 0.25) is 0 Å². The van der Waals surface area contributed by atoms with E-state index in [9.17, 15) is 0 Å². The molecule has 1 unspecified atom stereocenters. The SMILES string of the molecule is CCCCCCC(C)NCc1cc(C#N)cs1. The number of hydrogen-bond acceptors (Lipinski definition) is 3. The van der Waals surface area contributed by atoms with Crippen molar-refractivity contribution in [3.63, 3.8) is 0 Å². The molecule has 1 N–H and O–H groups in total. The van der Waals surface area contributed by atoms with Gasteiger partial charge < -0.3 is 5.32 Å². The van der Waals surface area contributed by atoms with Crippen molar-refractivity contribution in [2.75, 3.05) is 0 Å². The summed E-state index contributed by atoms with van der Waals surface area (Å²) in [5, 5.41) is 14.2. The second-order valence-electron chi connectivity index (χ2n) is 4.54. The van der Waals surface area contributed by atoms with Gasteiger partial charge in [0.2, 0.25) is 0 Å². The van der Waals surface area contributed by atoms with Gasteiger partial charge in [-0.15, -0.1) is 11.3 Å². The Morgan fingerprint density at radius 2 is 2.24 bits per heavy atom. The van der Waals surface area contributed by atoms with Gasteiger partial charge in [0, 0.05) is 22.8 Å². The Hall–Kier alpha value is -0.850. The van der Waals surface area contributed by atoms with E-state index in [4.69, 9.17) is 5.26 Å². The minimum atomic E-state index is 0.569. The van der Waals surface area contributed by atoms with E-state index in [1.807, 2.05) is 11.4 Å². The van der Waals surface area contributed by atoms with Crippen molar-refractivity contribution < 1.29 is 0 Å². The molecule has 0 aliphatic carbocycles.